The lowest BCUT2D eigenvalue weighted by atomic mass is 9.49. The molecule has 1 heterocycles. The van der Waals surface area contributed by atoms with Crippen molar-refractivity contribution in [2.24, 2.45) is 23.2 Å². The van der Waals surface area contributed by atoms with Gasteiger partial charge in [0.25, 0.3) is 0 Å². The molecule has 5 aliphatic rings. The molecule has 4 saturated carbocycles. The average molecular weight is 327 g/mol. The maximum absolute atomic E-state index is 12.6. The lowest BCUT2D eigenvalue weighted by Crippen LogP contribution is -2.51. The molecule has 6 rings (SSSR count). The number of benzene rings is 1. The highest BCUT2D eigenvalue weighted by atomic mass is 32.2. The van der Waals surface area contributed by atoms with Gasteiger partial charge in [-0.1, -0.05) is 30.3 Å². The summed E-state index contributed by atoms with van der Waals surface area (Å²) in [5.74, 6) is 3.90. The lowest BCUT2D eigenvalue weighted by Gasteiger charge is -2.58. The Morgan fingerprint density at radius 2 is 1.61 bits per heavy atom. The van der Waals surface area contributed by atoms with Gasteiger partial charge in [-0.05, 0) is 67.3 Å². The van der Waals surface area contributed by atoms with E-state index in [0.29, 0.717) is 17.1 Å². The van der Waals surface area contributed by atoms with Gasteiger partial charge in [0.1, 0.15) is 5.37 Å². The summed E-state index contributed by atoms with van der Waals surface area (Å²) in [5.41, 5.74) is 1.75. The summed E-state index contributed by atoms with van der Waals surface area (Å²) < 4.78 is 0. The summed E-state index contributed by atoms with van der Waals surface area (Å²) in [6.07, 6.45) is 8.58. The van der Waals surface area contributed by atoms with Crippen LogP contribution in [0.2, 0.25) is 0 Å². The molecule has 0 aromatic heterocycles. The molecule has 1 aliphatic heterocycles. The smallest absolute Gasteiger partial charge is 0.233 e. The molecule has 0 spiro atoms. The van der Waals surface area contributed by atoms with E-state index < -0.39 is 0 Å². The van der Waals surface area contributed by atoms with Crippen LogP contribution in [0.3, 0.4) is 0 Å². The SMILES string of the molecule is O=C1CS[C@H](c2ccccc2)N1CC12CC3CC(CC(C3)C1)C2. The second-order valence-electron chi connectivity index (χ2n) is 8.51. The van der Waals surface area contributed by atoms with Crippen LogP contribution in [0.4, 0.5) is 0 Å². The zero-order valence-electron chi connectivity index (χ0n) is 13.6. The molecule has 1 saturated heterocycles. The van der Waals surface area contributed by atoms with E-state index in [-0.39, 0.29) is 5.37 Å². The van der Waals surface area contributed by atoms with Crippen LogP contribution in [0.5, 0.6) is 0 Å². The highest BCUT2D eigenvalue weighted by molar-refractivity contribution is 8.00. The minimum Gasteiger partial charge on any atom is -0.325 e. The third-order valence-corrected chi connectivity index (χ3v) is 7.98. The number of thioether (sulfide) groups is 1. The van der Waals surface area contributed by atoms with Crippen molar-refractivity contribution in [3.63, 3.8) is 0 Å². The van der Waals surface area contributed by atoms with Crippen LogP contribution in [0.1, 0.15) is 49.5 Å². The number of carbonyl (C=O) groups is 1. The van der Waals surface area contributed by atoms with E-state index in [2.05, 4.69) is 35.2 Å². The zero-order valence-corrected chi connectivity index (χ0v) is 14.4. The Morgan fingerprint density at radius 1 is 1.00 bits per heavy atom. The molecule has 1 aromatic rings. The molecule has 4 bridgehead atoms. The molecule has 0 radical (unpaired) electrons. The summed E-state index contributed by atoms with van der Waals surface area (Å²) in [6, 6.07) is 10.6. The molecule has 1 amide bonds. The van der Waals surface area contributed by atoms with Gasteiger partial charge < -0.3 is 4.90 Å². The minimum absolute atomic E-state index is 0.247. The zero-order chi connectivity index (χ0) is 15.4. The molecule has 0 unspecified atom stereocenters. The van der Waals surface area contributed by atoms with Gasteiger partial charge in [0, 0.05) is 6.54 Å². The van der Waals surface area contributed by atoms with Crippen LogP contribution in [0.25, 0.3) is 0 Å². The van der Waals surface area contributed by atoms with Gasteiger partial charge in [-0.3, -0.25) is 4.79 Å². The van der Waals surface area contributed by atoms with Crippen LogP contribution in [0, 0.1) is 23.2 Å². The third kappa shape index (κ3) is 2.43. The molecular weight excluding hydrogens is 302 g/mol. The summed E-state index contributed by atoms with van der Waals surface area (Å²) in [4.78, 5) is 14.8. The van der Waals surface area contributed by atoms with E-state index in [9.17, 15) is 4.79 Å². The van der Waals surface area contributed by atoms with Gasteiger partial charge >= 0.3 is 0 Å². The molecular formula is C20H25NOS. The molecule has 4 aliphatic carbocycles. The Morgan fingerprint density at radius 3 is 2.22 bits per heavy atom. The molecule has 3 heteroatoms. The highest BCUT2D eigenvalue weighted by Gasteiger charge is 2.52. The summed E-state index contributed by atoms with van der Waals surface area (Å²) in [5, 5.41) is 0.247. The van der Waals surface area contributed by atoms with Gasteiger partial charge in [0.15, 0.2) is 0 Å². The largest absolute Gasteiger partial charge is 0.325 e. The number of carbonyl (C=O) groups excluding carboxylic acids is 1. The Balaban J connectivity index is 1.41. The van der Waals surface area contributed by atoms with Gasteiger partial charge in [0.05, 0.1) is 5.75 Å². The minimum atomic E-state index is 0.247. The molecule has 1 aromatic carbocycles. The first-order valence-corrected chi connectivity index (χ1v) is 10.2. The summed E-state index contributed by atoms with van der Waals surface area (Å²) in [7, 11) is 0. The maximum Gasteiger partial charge on any atom is 0.233 e. The second kappa shape index (κ2) is 5.27. The second-order valence-corrected chi connectivity index (χ2v) is 9.58. The topological polar surface area (TPSA) is 20.3 Å². The molecule has 2 nitrogen and oxygen atoms in total. The van der Waals surface area contributed by atoms with E-state index in [4.69, 9.17) is 0 Å². The fourth-order valence-corrected chi connectivity index (χ4v) is 7.55. The predicted octanol–water partition coefficient (Wildman–Crippen LogP) is 4.48. The number of rotatable bonds is 3. The van der Waals surface area contributed by atoms with Crippen molar-refractivity contribution in [3.8, 4) is 0 Å². The van der Waals surface area contributed by atoms with Crippen LogP contribution < -0.4 is 0 Å². The third-order valence-electron chi connectivity index (χ3n) is 6.72. The predicted molar refractivity (Wildman–Crippen MR) is 94.0 cm³/mol. The first kappa shape index (κ1) is 14.4. The van der Waals surface area contributed by atoms with E-state index >= 15 is 0 Å². The van der Waals surface area contributed by atoms with Gasteiger partial charge in [0.2, 0.25) is 5.91 Å². The quantitative estimate of drug-likeness (QED) is 0.816. The van der Waals surface area contributed by atoms with Gasteiger partial charge in [-0.25, -0.2) is 0 Å². The number of hydrogen-bond donors (Lipinski definition) is 0. The number of nitrogens with zero attached hydrogens (tertiary/aromatic N) is 1. The van der Waals surface area contributed by atoms with Gasteiger partial charge in [-0.2, -0.15) is 0 Å². The van der Waals surface area contributed by atoms with Crippen molar-refractivity contribution in [3.05, 3.63) is 35.9 Å². The summed E-state index contributed by atoms with van der Waals surface area (Å²) >= 11 is 1.82. The van der Waals surface area contributed by atoms with Crippen molar-refractivity contribution in [1.82, 2.24) is 4.90 Å². The fourth-order valence-electron chi connectivity index (χ4n) is 6.36. The monoisotopic (exact) mass is 327 g/mol. The number of amides is 1. The van der Waals surface area contributed by atoms with E-state index in [1.54, 1.807) is 0 Å². The molecule has 0 N–H and O–H groups in total. The van der Waals surface area contributed by atoms with Crippen LogP contribution in [0.15, 0.2) is 30.3 Å². The Kier molecular flexibility index (Phi) is 3.30. The van der Waals surface area contributed by atoms with Crippen LogP contribution in [-0.4, -0.2) is 23.1 Å². The standard InChI is InChI=1S/C20H25NOS/c22-18-12-23-19(17-4-2-1-3-5-17)21(18)13-20-9-14-6-15(10-20)8-16(7-14)11-20/h1-5,14-16,19H,6-13H2/t14?,15?,16?,19-,20?/m1/s1. The Hall–Kier alpha value is -0.960. The highest BCUT2D eigenvalue weighted by Crippen LogP contribution is 2.61. The van der Waals surface area contributed by atoms with Crippen LogP contribution in [-0.2, 0) is 4.79 Å². The van der Waals surface area contributed by atoms with Crippen LogP contribution >= 0.6 is 11.8 Å². The first-order chi connectivity index (χ1) is 11.2. The molecule has 5 fully saturated rings. The van der Waals surface area contributed by atoms with Crippen molar-refractivity contribution >= 4 is 17.7 Å². The van der Waals surface area contributed by atoms with Crippen molar-refractivity contribution in [2.45, 2.75) is 43.9 Å². The average Bonchev–Trinajstić information content (AvgIpc) is 2.87. The van der Waals surface area contributed by atoms with Gasteiger partial charge in [-0.15, -0.1) is 11.8 Å². The lowest BCUT2D eigenvalue weighted by molar-refractivity contribution is -0.134. The Labute approximate surface area is 143 Å². The maximum atomic E-state index is 12.6. The van der Waals surface area contributed by atoms with E-state index in [1.165, 1.54) is 44.1 Å². The molecule has 122 valence electrons. The summed E-state index contributed by atoms with van der Waals surface area (Å²) in [6.45, 7) is 1.02. The number of hydrogen-bond acceptors (Lipinski definition) is 2. The van der Waals surface area contributed by atoms with E-state index in [1.807, 2.05) is 11.8 Å². The first-order valence-electron chi connectivity index (χ1n) is 9.17. The fraction of sp³-hybridized carbons (Fsp3) is 0.650. The molecule has 1 atom stereocenters. The van der Waals surface area contributed by atoms with E-state index in [0.717, 1.165) is 24.3 Å². The normalized spacial score (nSPS) is 41.7. The Bertz CT molecular complexity index is 578. The van der Waals surface area contributed by atoms with Crippen molar-refractivity contribution in [1.29, 1.82) is 0 Å². The molecule has 23 heavy (non-hydrogen) atoms. The van der Waals surface area contributed by atoms with Crippen molar-refractivity contribution in [2.75, 3.05) is 12.3 Å². The van der Waals surface area contributed by atoms with Crippen molar-refractivity contribution < 1.29 is 4.79 Å².